The van der Waals surface area contributed by atoms with Crippen LogP contribution in [0.1, 0.15) is 50.2 Å². The lowest BCUT2D eigenvalue weighted by Crippen LogP contribution is -2.14. The quantitative estimate of drug-likeness (QED) is 0.172. The predicted molar refractivity (Wildman–Crippen MR) is 125 cm³/mol. The van der Waals surface area contributed by atoms with Crippen LogP contribution < -0.4 is 0 Å². The molecule has 0 bridgehead atoms. The van der Waals surface area contributed by atoms with Crippen molar-refractivity contribution in [1.29, 1.82) is 0 Å². The normalized spacial score (nSPS) is 18.3. The summed E-state index contributed by atoms with van der Waals surface area (Å²) < 4.78 is 63.4. The van der Waals surface area contributed by atoms with E-state index in [-0.39, 0.29) is 16.8 Å². The third-order valence-corrected chi connectivity index (χ3v) is 5.85. The van der Waals surface area contributed by atoms with E-state index in [9.17, 15) is 17.6 Å². The molecule has 0 saturated carbocycles. The van der Waals surface area contributed by atoms with E-state index >= 15 is 0 Å². The van der Waals surface area contributed by atoms with Gasteiger partial charge in [0.25, 0.3) is 0 Å². The van der Waals surface area contributed by atoms with Gasteiger partial charge in [0.2, 0.25) is 5.95 Å². The summed E-state index contributed by atoms with van der Waals surface area (Å²) in [4.78, 5) is 11.7. The zero-order chi connectivity index (χ0) is 25.8. The van der Waals surface area contributed by atoms with Crippen LogP contribution in [0.4, 0.5) is 17.6 Å². The fourth-order valence-electron chi connectivity index (χ4n) is 3.46. The first-order chi connectivity index (χ1) is 16.5. The highest BCUT2D eigenvalue weighted by Crippen LogP contribution is 2.35. The van der Waals surface area contributed by atoms with Gasteiger partial charge >= 0.3 is 6.18 Å². The van der Waals surface area contributed by atoms with E-state index in [0.29, 0.717) is 29.2 Å². The van der Waals surface area contributed by atoms with Crippen molar-refractivity contribution in [2.24, 2.45) is 10.9 Å². The molecule has 0 saturated heterocycles. The molecule has 5 nitrogen and oxygen atoms in total. The summed E-state index contributed by atoms with van der Waals surface area (Å²) in [6.07, 6.45) is 0.0883. The van der Waals surface area contributed by atoms with Gasteiger partial charge in [-0.3, -0.25) is 0 Å². The van der Waals surface area contributed by atoms with E-state index in [2.05, 4.69) is 15.0 Å². The molecule has 186 valence electrons. The molecule has 2 aromatic rings. The number of methoxy groups -OCH3 is 1. The van der Waals surface area contributed by atoms with Gasteiger partial charge in [-0.15, -0.1) is 0 Å². The average Bonchev–Trinajstić information content (AvgIpc) is 2.83. The van der Waals surface area contributed by atoms with Gasteiger partial charge in [-0.1, -0.05) is 17.7 Å². The van der Waals surface area contributed by atoms with Crippen LogP contribution in [0.5, 0.6) is 0 Å². The first kappa shape index (κ1) is 26.4. The second-order valence-electron chi connectivity index (χ2n) is 7.89. The summed E-state index contributed by atoms with van der Waals surface area (Å²) in [6, 6.07) is 6.51. The fraction of sp³-hybridized carbons (Fsp3) is 0.320. The third kappa shape index (κ3) is 6.69. The first-order valence-corrected chi connectivity index (χ1v) is 11.1. The highest BCUT2D eigenvalue weighted by atomic mass is 35.5. The summed E-state index contributed by atoms with van der Waals surface area (Å²) in [6.45, 7) is 5.20. The fourth-order valence-corrected chi connectivity index (χ4v) is 3.72. The Hall–Kier alpha value is -3.20. The van der Waals surface area contributed by atoms with Crippen molar-refractivity contribution in [3.8, 4) is 0 Å². The summed E-state index contributed by atoms with van der Waals surface area (Å²) in [7, 11) is 1.51. The van der Waals surface area contributed by atoms with Crippen LogP contribution in [0.15, 0.2) is 75.9 Å². The molecule has 0 spiro atoms. The van der Waals surface area contributed by atoms with Crippen LogP contribution in [0, 0.1) is 11.9 Å². The molecular weight excluding hydrogens is 486 g/mol. The van der Waals surface area contributed by atoms with Crippen molar-refractivity contribution in [3.63, 3.8) is 0 Å². The van der Waals surface area contributed by atoms with Crippen LogP contribution >= 0.6 is 11.6 Å². The van der Waals surface area contributed by atoms with Crippen LogP contribution in [-0.4, -0.2) is 22.8 Å². The molecule has 1 aliphatic rings. The van der Waals surface area contributed by atoms with E-state index in [1.165, 1.54) is 31.5 Å². The number of rotatable bonds is 7. The second-order valence-corrected chi connectivity index (χ2v) is 8.25. The number of nitrogens with zero attached hydrogens (tertiary/aromatic N) is 3. The summed E-state index contributed by atoms with van der Waals surface area (Å²) in [5.74, 6) is 0.216. The van der Waals surface area contributed by atoms with Crippen LogP contribution in [-0.2, 0) is 15.7 Å². The Labute approximate surface area is 205 Å². The van der Waals surface area contributed by atoms with Gasteiger partial charge in [0.05, 0.1) is 12.8 Å². The minimum Gasteiger partial charge on any atom is -0.500 e. The molecule has 35 heavy (non-hydrogen) atoms. The van der Waals surface area contributed by atoms with Crippen molar-refractivity contribution < 1.29 is 27.0 Å². The lowest BCUT2D eigenvalue weighted by atomic mass is 9.91. The Balaban J connectivity index is 1.76. The number of aliphatic imine (C=N–C) groups is 1. The van der Waals surface area contributed by atoms with Gasteiger partial charge in [0.15, 0.2) is 0 Å². The SMILES string of the molecule is COC1=CC(OC(C)c2cccc(C(F)(F)F)n2)=CCC1/C(C)=C(Cl)/N=C(\C)c1ccc(F)nc1. The molecule has 3 rings (SSSR count). The van der Waals surface area contributed by atoms with Crippen LogP contribution in [0.25, 0.3) is 0 Å². The van der Waals surface area contributed by atoms with E-state index in [1.807, 2.05) is 13.0 Å². The number of aromatic nitrogens is 2. The lowest BCUT2D eigenvalue weighted by Gasteiger charge is -2.25. The van der Waals surface area contributed by atoms with Crippen LogP contribution in [0.3, 0.4) is 0 Å². The van der Waals surface area contributed by atoms with Gasteiger partial charge in [0, 0.05) is 29.5 Å². The molecule has 0 fully saturated rings. The van der Waals surface area contributed by atoms with E-state index in [0.717, 1.165) is 11.6 Å². The minimum absolute atomic E-state index is 0.162. The Morgan fingerprint density at radius 2 is 1.94 bits per heavy atom. The monoisotopic (exact) mass is 509 g/mol. The smallest absolute Gasteiger partial charge is 0.433 e. The molecule has 2 heterocycles. The molecule has 2 atom stereocenters. The zero-order valence-electron chi connectivity index (χ0n) is 19.5. The highest BCUT2D eigenvalue weighted by Gasteiger charge is 2.33. The molecule has 0 aromatic carbocycles. The lowest BCUT2D eigenvalue weighted by molar-refractivity contribution is -0.141. The Morgan fingerprint density at radius 1 is 1.20 bits per heavy atom. The molecule has 1 aliphatic carbocycles. The summed E-state index contributed by atoms with van der Waals surface area (Å²) in [5.41, 5.74) is 1.14. The number of allylic oxidation sites excluding steroid dienone is 3. The number of pyridine rings is 2. The number of hydrogen-bond donors (Lipinski definition) is 0. The molecule has 2 unspecified atom stereocenters. The van der Waals surface area contributed by atoms with Gasteiger partial charge < -0.3 is 9.47 Å². The van der Waals surface area contributed by atoms with E-state index < -0.39 is 23.9 Å². The number of ether oxygens (including phenoxy) is 2. The Morgan fingerprint density at radius 3 is 2.57 bits per heavy atom. The topological polar surface area (TPSA) is 56.6 Å². The maximum Gasteiger partial charge on any atom is 0.433 e. The maximum atomic E-state index is 13.1. The second kappa shape index (κ2) is 11.0. The largest absolute Gasteiger partial charge is 0.500 e. The van der Waals surface area contributed by atoms with Crippen LogP contribution in [0.2, 0.25) is 0 Å². The van der Waals surface area contributed by atoms with E-state index in [1.54, 1.807) is 26.0 Å². The summed E-state index contributed by atoms with van der Waals surface area (Å²) in [5, 5.41) is 0.263. The zero-order valence-corrected chi connectivity index (χ0v) is 20.3. The average molecular weight is 510 g/mol. The van der Waals surface area contributed by atoms with Gasteiger partial charge in [-0.25, -0.2) is 15.0 Å². The Bertz CT molecular complexity index is 1190. The molecular formula is C25H24ClF4N3O2. The maximum absolute atomic E-state index is 13.1. The highest BCUT2D eigenvalue weighted by molar-refractivity contribution is 6.30. The summed E-state index contributed by atoms with van der Waals surface area (Å²) >= 11 is 6.48. The van der Waals surface area contributed by atoms with Gasteiger partial charge in [0.1, 0.15) is 28.5 Å². The van der Waals surface area contributed by atoms with Crippen molar-refractivity contribution in [2.75, 3.05) is 7.11 Å². The predicted octanol–water partition coefficient (Wildman–Crippen LogP) is 7.13. The van der Waals surface area contributed by atoms with Crippen molar-refractivity contribution in [3.05, 3.63) is 93.8 Å². The van der Waals surface area contributed by atoms with E-state index in [4.69, 9.17) is 21.1 Å². The standard InChI is InChI=1S/C25H24ClF4N3O2/c1-14(24(26)32-15(2)17-8-11-23(27)31-13-17)19-10-9-18(12-21(19)34-4)35-16(3)20-6-5-7-22(33-20)25(28,29)30/h5-9,11-13,16,19H,10H2,1-4H3/b24-14+,32-15+. The number of hydrogen-bond acceptors (Lipinski definition) is 5. The first-order valence-electron chi connectivity index (χ1n) is 10.7. The van der Waals surface area contributed by atoms with Crippen molar-refractivity contribution in [2.45, 2.75) is 39.5 Å². The van der Waals surface area contributed by atoms with Gasteiger partial charge in [-0.05, 0) is 63.1 Å². The molecule has 2 aromatic heterocycles. The Kier molecular flexibility index (Phi) is 8.32. The third-order valence-electron chi connectivity index (χ3n) is 5.47. The molecule has 0 aliphatic heterocycles. The number of halogens is 5. The van der Waals surface area contributed by atoms with Gasteiger partial charge in [-0.2, -0.15) is 17.6 Å². The van der Waals surface area contributed by atoms with Crippen molar-refractivity contribution >= 4 is 17.3 Å². The minimum atomic E-state index is -4.53. The molecule has 10 heteroatoms. The number of alkyl halides is 3. The molecule has 0 radical (unpaired) electrons. The molecule has 0 N–H and O–H groups in total. The van der Waals surface area contributed by atoms with Crippen molar-refractivity contribution in [1.82, 2.24) is 9.97 Å². The molecule has 0 amide bonds.